The number of fused-ring (bicyclic) bond motifs is 1. The van der Waals surface area contributed by atoms with Crippen LogP contribution in [0.3, 0.4) is 0 Å². The largest absolute Gasteiger partial charge is 0.573 e. The molecule has 1 aliphatic rings. The summed E-state index contributed by atoms with van der Waals surface area (Å²) in [6, 6.07) is 8.47. The number of alkyl halides is 3. The van der Waals surface area contributed by atoms with Crippen molar-refractivity contribution in [1.29, 1.82) is 0 Å². The van der Waals surface area contributed by atoms with E-state index < -0.39 is 6.36 Å². The summed E-state index contributed by atoms with van der Waals surface area (Å²) in [6.45, 7) is 4.38. The van der Waals surface area contributed by atoms with E-state index in [9.17, 15) is 22.8 Å². The molecule has 1 saturated heterocycles. The first-order valence-electron chi connectivity index (χ1n) is 11.0. The third-order valence-electron chi connectivity index (χ3n) is 5.87. The van der Waals surface area contributed by atoms with E-state index in [0.717, 1.165) is 28.6 Å². The predicted molar refractivity (Wildman–Crippen MR) is 121 cm³/mol. The van der Waals surface area contributed by atoms with Crippen LogP contribution in [0.1, 0.15) is 26.3 Å². The van der Waals surface area contributed by atoms with Crippen molar-refractivity contribution in [3.63, 3.8) is 0 Å². The first-order chi connectivity index (χ1) is 16.6. The average molecular weight is 490 g/mol. The molecule has 2 amide bonds. The number of carbonyl (C=O) groups excluding carboxylic acids is 2. The van der Waals surface area contributed by atoms with Gasteiger partial charge in [-0.05, 0) is 48.9 Å². The Kier molecular flexibility index (Phi) is 6.97. The molecule has 0 saturated carbocycles. The molecule has 2 heterocycles. The molecule has 1 fully saturated rings. The Morgan fingerprint density at radius 2 is 1.86 bits per heavy atom. The van der Waals surface area contributed by atoms with Gasteiger partial charge in [0.2, 0.25) is 0 Å². The third-order valence-corrected chi connectivity index (χ3v) is 5.87. The number of aromatic nitrogens is 2. The van der Waals surface area contributed by atoms with Gasteiger partial charge in [0, 0.05) is 61.9 Å². The van der Waals surface area contributed by atoms with Gasteiger partial charge in [-0.25, -0.2) is 0 Å². The molecule has 35 heavy (non-hydrogen) atoms. The van der Waals surface area contributed by atoms with Crippen molar-refractivity contribution in [3.05, 3.63) is 59.3 Å². The number of hydrogen-bond acceptors (Lipinski definition) is 5. The highest BCUT2D eigenvalue weighted by atomic mass is 19.4. The zero-order chi connectivity index (χ0) is 25.2. The lowest BCUT2D eigenvalue weighted by atomic mass is 9.99. The summed E-state index contributed by atoms with van der Waals surface area (Å²) >= 11 is 0. The van der Waals surface area contributed by atoms with Crippen molar-refractivity contribution in [3.8, 4) is 5.75 Å². The summed E-state index contributed by atoms with van der Waals surface area (Å²) in [7, 11) is 1.57. The van der Waals surface area contributed by atoms with E-state index in [-0.39, 0.29) is 23.5 Å². The van der Waals surface area contributed by atoms with Gasteiger partial charge in [-0.15, -0.1) is 13.2 Å². The van der Waals surface area contributed by atoms with Gasteiger partial charge in [-0.2, -0.15) is 5.10 Å². The zero-order valence-electron chi connectivity index (χ0n) is 19.3. The quantitative estimate of drug-likeness (QED) is 0.490. The normalized spacial score (nSPS) is 14.1. The number of nitrogens with one attached hydrogen (secondary N) is 1. The van der Waals surface area contributed by atoms with Crippen LogP contribution in [0.4, 0.5) is 13.2 Å². The fourth-order valence-corrected chi connectivity index (χ4v) is 4.08. The number of aryl methyl sites for hydroxylation is 1. The van der Waals surface area contributed by atoms with Gasteiger partial charge in [0.15, 0.2) is 0 Å². The monoisotopic (exact) mass is 490 g/mol. The molecule has 1 aromatic heterocycles. The summed E-state index contributed by atoms with van der Waals surface area (Å²) in [4.78, 5) is 26.7. The van der Waals surface area contributed by atoms with Gasteiger partial charge in [0.05, 0.1) is 12.1 Å². The summed E-state index contributed by atoms with van der Waals surface area (Å²) in [6.07, 6.45) is -2.87. The number of hydrogen-bond donors (Lipinski definition) is 1. The predicted octanol–water partition coefficient (Wildman–Crippen LogP) is 3.39. The van der Waals surface area contributed by atoms with Crippen molar-refractivity contribution >= 4 is 22.7 Å². The van der Waals surface area contributed by atoms with Gasteiger partial charge in [-0.3, -0.25) is 14.3 Å². The highest BCUT2D eigenvalue weighted by Crippen LogP contribution is 2.26. The van der Waals surface area contributed by atoms with Crippen LogP contribution in [0.15, 0.2) is 42.6 Å². The Hall–Kier alpha value is -3.60. The number of carbonyl (C=O) groups is 2. The molecule has 0 spiro atoms. The molecule has 1 aliphatic heterocycles. The van der Waals surface area contributed by atoms with Crippen molar-refractivity contribution in [2.24, 2.45) is 5.92 Å². The van der Waals surface area contributed by atoms with E-state index in [4.69, 9.17) is 4.74 Å². The van der Waals surface area contributed by atoms with Crippen LogP contribution in [0.25, 0.3) is 10.9 Å². The Balaban J connectivity index is 1.34. The van der Waals surface area contributed by atoms with E-state index >= 15 is 0 Å². The van der Waals surface area contributed by atoms with Crippen LogP contribution >= 0.6 is 0 Å². The first-order valence-corrected chi connectivity index (χ1v) is 11.0. The molecule has 8 nitrogen and oxygen atoms in total. The SMILES string of the molecule is COCCNC(=O)c1ccc2nn(CC3CN(C(=O)c4ccc(OC(F)(F)F)cc4)C3)cc2c1C. The third kappa shape index (κ3) is 5.73. The van der Waals surface area contributed by atoms with E-state index in [1.54, 1.807) is 18.1 Å². The molecule has 1 N–H and O–H groups in total. The van der Waals surface area contributed by atoms with Gasteiger partial charge < -0.3 is 19.7 Å². The van der Waals surface area contributed by atoms with Crippen LogP contribution in [0.5, 0.6) is 5.75 Å². The van der Waals surface area contributed by atoms with Gasteiger partial charge in [0.25, 0.3) is 11.8 Å². The Labute approximate surface area is 199 Å². The molecule has 2 aromatic carbocycles. The average Bonchev–Trinajstić information content (AvgIpc) is 3.19. The lowest BCUT2D eigenvalue weighted by Gasteiger charge is -2.39. The fourth-order valence-electron chi connectivity index (χ4n) is 4.08. The lowest BCUT2D eigenvalue weighted by Crippen LogP contribution is -2.51. The second kappa shape index (κ2) is 9.95. The number of likely N-dealkylation sites (tertiary alicyclic amines) is 1. The molecule has 3 aromatic rings. The maximum atomic E-state index is 12.6. The molecule has 0 aliphatic carbocycles. The molecule has 186 valence electrons. The number of rotatable bonds is 8. The number of amides is 2. The van der Waals surface area contributed by atoms with Crippen LogP contribution in [-0.2, 0) is 11.3 Å². The van der Waals surface area contributed by atoms with Gasteiger partial charge in [-0.1, -0.05) is 0 Å². The van der Waals surface area contributed by atoms with Crippen molar-refractivity contribution in [2.75, 3.05) is 33.4 Å². The van der Waals surface area contributed by atoms with Gasteiger partial charge in [0.1, 0.15) is 5.75 Å². The smallest absolute Gasteiger partial charge is 0.406 e. The zero-order valence-corrected chi connectivity index (χ0v) is 19.3. The molecular weight excluding hydrogens is 465 g/mol. The molecule has 0 unspecified atom stereocenters. The van der Waals surface area contributed by atoms with Crippen molar-refractivity contribution < 1.29 is 32.2 Å². The maximum absolute atomic E-state index is 12.6. The second-order valence-corrected chi connectivity index (χ2v) is 8.42. The summed E-state index contributed by atoms with van der Waals surface area (Å²) in [5.74, 6) is -0.587. The van der Waals surface area contributed by atoms with E-state index in [1.165, 1.54) is 12.1 Å². The van der Waals surface area contributed by atoms with Crippen molar-refractivity contribution in [1.82, 2.24) is 20.0 Å². The van der Waals surface area contributed by atoms with Crippen LogP contribution in [-0.4, -0.2) is 66.2 Å². The molecular formula is C24H25F3N4O4. The summed E-state index contributed by atoms with van der Waals surface area (Å²) in [5, 5.41) is 8.30. The molecule has 0 bridgehead atoms. The molecule has 4 rings (SSSR count). The van der Waals surface area contributed by atoms with Gasteiger partial charge >= 0.3 is 6.36 Å². The number of nitrogens with zero attached hydrogens (tertiary/aromatic N) is 3. The summed E-state index contributed by atoms with van der Waals surface area (Å²) in [5.41, 5.74) is 2.51. The number of benzene rings is 2. The number of methoxy groups -OCH3 is 1. The Morgan fingerprint density at radius 3 is 2.51 bits per heavy atom. The van der Waals surface area contributed by atoms with E-state index in [0.29, 0.717) is 43.9 Å². The Bertz CT molecular complexity index is 1220. The highest BCUT2D eigenvalue weighted by Gasteiger charge is 2.33. The maximum Gasteiger partial charge on any atom is 0.573 e. The topological polar surface area (TPSA) is 85.7 Å². The van der Waals surface area contributed by atoms with E-state index in [1.807, 2.05) is 23.9 Å². The number of halogens is 3. The standard InChI is InChI=1S/C24H25F3N4O4/c1-15-19(22(32)28-9-10-34-2)7-8-21-20(15)14-31(29-21)13-16-11-30(12-16)23(33)17-3-5-18(6-4-17)35-24(25,26)27/h3-8,14,16H,9-13H2,1-2H3,(H,28,32). The van der Waals surface area contributed by atoms with Crippen LogP contribution in [0, 0.1) is 12.8 Å². The minimum Gasteiger partial charge on any atom is -0.406 e. The van der Waals surface area contributed by atoms with Crippen molar-refractivity contribution in [2.45, 2.75) is 19.8 Å². The first kappa shape index (κ1) is 24.5. The summed E-state index contributed by atoms with van der Waals surface area (Å²) < 4.78 is 47.5. The second-order valence-electron chi connectivity index (χ2n) is 8.42. The molecule has 11 heteroatoms. The lowest BCUT2D eigenvalue weighted by molar-refractivity contribution is -0.274. The number of ether oxygens (including phenoxy) is 2. The minimum absolute atomic E-state index is 0.166. The van der Waals surface area contributed by atoms with Crippen LogP contribution < -0.4 is 10.1 Å². The molecule has 0 radical (unpaired) electrons. The minimum atomic E-state index is -4.77. The Morgan fingerprint density at radius 1 is 1.14 bits per heavy atom. The molecule has 0 atom stereocenters. The highest BCUT2D eigenvalue weighted by molar-refractivity contribution is 6.00. The van der Waals surface area contributed by atoms with Crippen LogP contribution in [0.2, 0.25) is 0 Å². The fraction of sp³-hybridized carbons (Fsp3) is 0.375. The van der Waals surface area contributed by atoms with E-state index in [2.05, 4.69) is 15.2 Å².